The maximum Gasteiger partial charge on any atom is 0.335 e. The van der Waals surface area contributed by atoms with Gasteiger partial charge in [-0.3, -0.25) is 4.55 Å². The van der Waals surface area contributed by atoms with Crippen molar-refractivity contribution in [3.05, 3.63) is 23.8 Å². The second-order valence-electron chi connectivity index (χ2n) is 4.55. The molecule has 0 fully saturated rings. The summed E-state index contributed by atoms with van der Waals surface area (Å²) in [6.07, 6.45) is -1.07. The third kappa shape index (κ3) is 5.50. The lowest BCUT2D eigenvalue weighted by atomic mass is 10.2. The van der Waals surface area contributed by atoms with Gasteiger partial charge in [0.1, 0.15) is 12.7 Å². The molecule has 0 saturated heterocycles. The first kappa shape index (κ1) is 17.7. The summed E-state index contributed by atoms with van der Waals surface area (Å²) in [5.74, 6) is 0.987. The Labute approximate surface area is 125 Å². The Bertz CT molecular complexity index is 560. The van der Waals surface area contributed by atoms with Gasteiger partial charge in [-0.15, -0.1) is 0 Å². The highest BCUT2D eigenvalue weighted by atomic mass is 32.2. The van der Waals surface area contributed by atoms with E-state index in [1.54, 1.807) is 19.1 Å². The fraction of sp³-hybridized carbons (Fsp3) is 0.538. The number of aryl methyl sites for hydroxylation is 1. The molecule has 0 bridgehead atoms. The van der Waals surface area contributed by atoms with Crippen molar-refractivity contribution in [2.45, 2.75) is 20.0 Å². The van der Waals surface area contributed by atoms with Crippen molar-refractivity contribution in [2.75, 3.05) is 26.8 Å². The fourth-order valence-corrected chi connectivity index (χ4v) is 2.44. The molecule has 1 aromatic rings. The Kier molecular flexibility index (Phi) is 6.41. The monoisotopic (exact) mass is 319 g/mol. The Morgan fingerprint density at radius 3 is 2.52 bits per heavy atom. The van der Waals surface area contributed by atoms with Crippen molar-refractivity contribution in [1.29, 1.82) is 0 Å². The van der Waals surface area contributed by atoms with Gasteiger partial charge in [-0.05, 0) is 24.6 Å². The van der Waals surface area contributed by atoms with Gasteiger partial charge in [-0.2, -0.15) is 12.7 Å². The molecule has 0 aliphatic carbocycles. The van der Waals surface area contributed by atoms with Crippen LogP contribution in [0.15, 0.2) is 18.2 Å². The van der Waals surface area contributed by atoms with Crippen LogP contribution in [0.25, 0.3) is 0 Å². The van der Waals surface area contributed by atoms with Crippen LogP contribution in [0.3, 0.4) is 0 Å². The van der Waals surface area contributed by atoms with Crippen LogP contribution in [0.1, 0.15) is 12.5 Å². The van der Waals surface area contributed by atoms with E-state index in [2.05, 4.69) is 0 Å². The van der Waals surface area contributed by atoms with Gasteiger partial charge in [0.25, 0.3) is 0 Å². The molecule has 1 atom stereocenters. The van der Waals surface area contributed by atoms with Crippen molar-refractivity contribution < 1.29 is 27.6 Å². The number of hydrogen-bond acceptors (Lipinski definition) is 5. The molecule has 21 heavy (non-hydrogen) atoms. The Morgan fingerprint density at radius 2 is 2.00 bits per heavy atom. The summed E-state index contributed by atoms with van der Waals surface area (Å²) in [5, 5.41) is 9.81. The van der Waals surface area contributed by atoms with E-state index in [-0.39, 0.29) is 19.7 Å². The summed E-state index contributed by atoms with van der Waals surface area (Å²) in [6, 6.07) is 5.33. The number of nitrogens with zero attached hydrogens (tertiary/aromatic N) is 1. The summed E-state index contributed by atoms with van der Waals surface area (Å²) >= 11 is 0. The van der Waals surface area contributed by atoms with Crippen LogP contribution in [-0.4, -0.2) is 55.3 Å². The van der Waals surface area contributed by atoms with Crippen molar-refractivity contribution in [3.8, 4) is 11.5 Å². The molecule has 0 saturated carbocycles. The number of rotatable bonds is 8. The van der Waals surface area contributed by atoms with E-state index in [1.807, 2.05) is 13.0 Å². The predicted molar refractivity (Wildman–Crippen MR) is 78.0 cm³/mol. The fourth-order valence-electron chi connectivity index (χ4n) is 1.75. The van der Waals surface area contributed by atoms with E-state index in [0.717, 1.165) is 9.87 Å². The van der Waals surface area contributed by atoms with Crippen LogP contribution in [0, 0.1) is 6.92 Å². The number of hydrogen-bond donors (Lipinski definition) is 2. The first-order valence-electron chi connectivity index (χ1n) is 6.46. The molecule has 0 amide bonds. The normalized spacial score (nSPS) is 13.2. The minimum atomic E-state index is -4.32. The molecule has 0 spiro atoms. The predicted octanol–water partition coefficient (Wildman–Crippen LogP) is 0.868. The van der Waals surface area contributed by atoms with E-state index in [0.29, 0.717) is 11.5 Å². The standard InChI is InChI=1S/C13H21NO6S/c1-4-14(21(16,17)18)8-11(15)9-20-12-6-5-10(2)7-13(12)19-3/h5-7,11,15H,4,8-9H2,1-3H3,(H,16,17,18). The topological polar surface area (TPSA) is 96.3 Å². The van der Waals surface area contributed by atoms with Crippen LogP contribution in [0.2, 0.25) is 0 Å². The molecule has 1 unspecified atom stereocenters. The Morgan fingerprint density at radius 1 is 1.33 bits per heavy atom. The molecule has 0 heterocycles. The molecule has 120 valence electrons. The first-order valence-corrected chi connectivity index (χ1v) is 7.85. The zero-order valence-corrected chi connectivity index (χ0v) is 13.1. The first-order chi connectivity index (χ1) is 9.77. The van der Waals surface area contributed by atoms with Crippen molar-refractivity contribution in [3.63, 3.8) is 0 Å². The van der Waals surface area contributed by atoms with Crippen LogP contribution in [0.5, 0.6) is 11.5 Å². The van der Waals surface area contributed by atoms with Crippen LogP contribution < -0.4 is 9.47 Å². The zero-order valence-electron chi connectivity index (χ0n) is 12.3. The van der Waals surface area contributed by atoms with E-state index >= 15 is 0 Å². The van der Waals surface area contributed by atoms with Gasteiger partial charge in [-0.1, -0.05) is 13.0 Å². The van der Waals surface area contributed by atoms with Crippen LogP contribution >= 0.6 is 0 Å². The third-order valence-corrected chi connectivity index (χ3v) is 3.90. The molecule has 0 aromatic heterocycles. The maximum atomic E-state index is 11.0. The van der Waals surface area contributed by atoms with E-state index in [4.69, 9.17) is 14.0 Å². The lowest BCUT2D eigenvalue weighted by Crippen LogP contribution is -2.39. The lowest BCUT2D eigenvalue weighted by Gasteiger charge is -2.20. The maximum absolute atomic E-state index is 11.0. The van der Waals surface area contributed by atoms with E-state index < -0.39 is 16.4 Å². The van der Waals surface area contributed by atoms with Crippen molar-refractivity contribution in [2.24, 2.45) is 0 Å². The van der Waals surface area contributed by atoms with E-state index in [1.165, 1.54) is 7.11 Å². The Hall–Kier alpha value is -1.35. The smallest absolute Gasteiger partial charge is 0.335 e. The van der Waals surface area contributed by atoms with Gasteiger partial charge in [-0.25, -0.2) is 0 Å². The molecular formula is C13H21NO6S. The second-order valence-corrected chi connectivity index (χ2v) is 5.96. The van der Waals surface area contributed by atoms with Crippen molar-refractivity contribution in [1.82, 2.24) is 4.31 Å². The number of aliphatic hydroxyl groups excluding tert-OH is 1. The van der Waals surface area contributed by atoms with Crippen molar-refractivity contribution >= 4 is 10.3 Å². The van der Waals surface area contributed by atoms with Crippen LogP contribution in [-0.2, 0) is 10.3 Å². The molecular weight excluding hydrogens is 298 g/mol. The number of ether oxygens (including phenoxy) is 2. The highest BCUT2D eigenvalue weighted by Crippen LogP contribution is 2.27. The number of likely N-dealkylation sites (N-methyl/N-ethyl adjacent to an activating group) is 1. The largest absolute Gasteiger partial charge is 0.493 e. The van der Waals surface area contributed by atoms with Gasteiger partial charge in [0, 0.05) is 13.1 Å². The highest BCUT2D eigenvalue weighted by Gasteiger charge is 2.21. The summed E-state index contributed by atoms with van der Waals surface area (Å²) in [6.45, 7) is 3.16. The zero-order chi connectivity index (χ0) is 16.0. The third-order valence-electron chi connectivity index (χ3n) is 2.84. The van der Waals surface area contributed by atoms with Gasteiger partial charge in [0.2, 0.25) is 0 Å². The molecule has 1 aromatic carbocycles. The summed E-state index contributed by atoms with van der Waals surface area (Å²) in [4.78, 5) is 0. The molecule has 0 aliphatic heterocycles. The average Bonchev–Trinajstić information content (AvgIpc) is 2.41. The quantitative estimate of drug-likeness (QED) is 0.690. The summed E-state index contributed by atoms with van der Waals surface area (Å²) < 4.78 is 42.3. The van der Waals surface area contributed by atoms with Gasteiger partial charge >= 0.3 is 10.3 Å². The number of benzene rings is 1. The molecule has 7 nitrogen and oxygen atoms in total. The number of methoxy groups -OCH3 is 1. The highest BCUT2D eigenvalue weighted by molar-refractivity contribution is 7.83. The molecule has 8 heteroatoms. The SMILES string of the molecule is CCN(CC(O)COc1ccc(C)cc1OC)S(=O)(=O)O. The molecule has 0 aliphatic rings. The minimum absolute atomic E-state index is 0.0593. The molecule has 1 rings (SSSR count). The second kappa shape index (κ2) is 7.60. The lowest BCUT2D eigenvalue weighted by molar-refractivity contribution is 0.0868. The summed E-state index contributed by atoms with van der Waals surface area (Å²) in [7, 11) is -2.81. The average molecular weight is 319 g/mol. The van der Waals surface area contributed by atoms with Gasteiger partial charge in [0.05, 0.1) is 7.11 Å². The van der Waals surface area contributed by atoms with E-state index in [9.17, 15) is 13.5 Å². The minimum Gasteiger partial charge on any atom is -0.493 e. The number of aliphatic hydroxyl groups is 1. The Balaban J connectivity index is 2.63. The van der Waals surface area contributed by atoms with Crippen LogP contribution in [0.4, 0.5) is 0 Å². The van der Waals surface area contributed by atoms with Gasteiger partial charge in [0.15, 0.2) is 11.5 Å². The van der Waals surface area contributed by atoms with Gasteiger partial charge < -0.3 is 14.6 Å². The molecule has 2 N–H and O–H groups in total. The summed E-state index contributed by atoms with van der Waals surface area (Å²) in [5.41, 5.74) is 1.00. The molecule has 0 radical (unpaired) electrons.